The number of imidazole rings is 1. The summed E-state index contributed by atoms with van der Waals surface area (Å²) in [7, 11) is 0. The van der Waals surface area contributed by atoms with Gasteiger partial charge in [-0.05, 0) is 36.4 Å². The van der Waals surface area contributed by atoms with E-state index < -0.39 is 23.3 Å². The van der Waals surface area contributed by atoms with E-state index in [0.29, 0.717) is 27.7 Å². The largest absolute Gasteiger partial charge is 0.434 e. The summed E-state index contributed by atoms with van der Waals surface area (Å²) in [6, 6.07) is 13.1. The maximum Gasteiger partial charge on any atom is 0.434 e. The van der Waals surface area contributed by atoms with Crippen molar-refractivity contribution in [2.75, 3.05) is 11.4 Å². The molecule has 0 saturated heterocycles. The smallest absolute Gasteiger partial charge is 0.308 e. The van der Waals surface area contributed by atoms with E-state index >= 15 is 0 Å². The number of benzene rings is 2. The number of anilines is 1. The van der Waals surface area contributed by atoms with Crippen molar-refractivity contribution in [3.63, 3.8) is 0 Å². The summed E-state index contributed by atoms with van der Waals surface area (Å²) in [4.78, 5) is 18.8. The topological polar surface area (TPSA) is 56.0 Å². The zero-order chi connectivity index (χ0) is 21.0. The number of aromatic nitrogens is 4. The van der Waals surface area contributed by atoms with Gasteiger partial charge in [0.05, 0.1) is 28.5 Å². The molecule has 1 aliphatic heterocycles. The second-order valence-corrected chi connectivity index (χ2v) is 7.24. The van der Waals surface area contributed by atoms with E-state index in [1.807, 2.05) is 22.8 Å². The molecule has 2 aromatic carbocycles. The first-order valence-corrected chi connectivity index (χ1v) is 9.40. The Morgan fingerprint density at radius 1 is 1.03 bits per heavy atom. The molecule has 0 N–H and O–H groups in total. The molecule has 1 amide bonds. The number of hydrogen-bond donors (Lipinski definition) is 0. The molecule has 4 aromatic rings. The van der Waals surface area contributed by atoms with Crippen LogP contribution in [0.4, 0.5) is 19.1 Å². The summed E-state index contributed by atoms with van der Waals surface area (Å²) in [6.07, 6.45) is -3.84. The zero-order valence-corrected chi connectivity index (χ0v) is 16.0. The van der Waals surface area contributed by atoms with Crippen LogP contribution in [0.25, 0.3) is 16.7 Å². The third-order valence-electron chi connectivity index (χ3n) is 5.01. The Morgan fingerprint density at radius 2 is 1.77 bits per heavy atom. The van der Waals surface area contributed by atoms with Crippen LogP contribution in [0, 0.1) is 0 Å². The van der Waals surface area contributed by atoms with Gasteiger partial charge in [0.15, 0.2) is 5.69 Å². The van der Waals surface area contributed by atoms with Crippen LogP contribution in [-0.2, 0) is 12.7 Å². The number of nitrogens with zero attached hydrogens (tertiary/aromatic N) is 5. The van der Waals surface area contributed by atoms with Crippen LogP contribution in [0.3, 0.4) is 0 Å². The molecule has 10 heteroatoms. The van der Waals surface area contributed by atoms with E-state index in [9.17, 15) is 18.0 Å². The molecule has 0 radical (unpaired) electrons. The lowest BCUT2D eigenvalue weighted by Gasteiger charge is -2.16. The molecule has 6 nitrogen and oxygen atoms in total. The minimum atomic E-state index is -4.79. The van der Waals surface area contributed by atoms with E-state index in [1.54, 1.807) is 6.07 Å². The van der Waals surface area contributed by atoms with Gasteiger partial charge in [-0.2, -0.15) is 18.3 Å². The summed E-state index contributed by atoms with van der Waals surface area (Å²) in [5.41, 5.74) is -0.00427. The maximum atomic E-state index is 13.9. The van der Waals surface area contributed by atoms with Crippen molar-refractivity contribution < 1.29 is 18.0 Å². The van der Waals surface area contributed by atoms with Crippen LogP contribution < -0.4 is 4.90 Å². The molecule has 30 heavy (non-hydrogen) atoms. The molecule has 0 spiro atoms. The highest BCUT2D eigenvalue weighted by molar-refractivity contribution is 6.30. The predicted octanol–water partition coefficient (Wildman–Crippen LogP) is 4.55. The van der Waals surface area contributed by atoms with E-state index in [0.717, 1.165) is 11.7 Å². The number of carbonyl (C=O) groups is 1. The van der Waals surface area contributed by atoms with E-state index in [1.165, 1.54) is 29.2 Å². The molecule has 3 heterocycles. The average molecular weight is 432 g/mol. The number of rotatable bonds is 2. The quantitative estimate of drug-likeness (QED) is 0.467. The lowest BCUT2D eigenvalue weighted by molar-refractivity contribution is -0.143. The van der Waals surface area contributed by atoms with Gasteiger partial charge in [0, 0.05) is 18.1 Å². The first kappa shape index (κ1) is 18.7. The van der Waals surface area contributed by atoms with Crippen LogP contribution in [0.2, 0.25) is 5.02 Å². The minimum absolute atomic E-state index is 0.152. The molecule has 0 atom stereocenters. The standard InChI is InChI=1S/C20H13ClF3N5O/c21-12-5-7-13(8-6-12)29-17(20(22,23)24)14(11-25-29)18(30)28-10-9-27-16-4-2-1-3-15(16)26-19(27)28/h1-8,11H,9-10H2. The van der Waals surface area contributed by atoms with Crippen LogP contribution >= 0.6 is 11.6 Å². The Labute approximate surface area is 173 Å². The van der Waals surface area contributed by atoms with Crippen LogP contribution in [-0.4, -0.2) is 31.8 Å². The summed E-state index contributed by atoms with van der Waals surface area (Å²) in [6.45, 7) is 0.684. The fourth-order valence-electron chi connectivity index (χ4n) is 3.68. The lowest BCUT2D eigenvalue weighted by Crippen LogP contribution is -2.31. The van der Waals surface area contributed by atoms with Crippen LogP contribution in [0.1, 0.15) is 16.1 Å². The van der Waals surface area contributed by atoms with Crippen molar-refractivity contribution in [2.24, 2.45) is 0 Å². The number of halogens is 4. The molecule has 0 unspecified atom stereocenters. The van der Waals surface area contributed by atoms with Gasteiger partial charge in [-0.1, -0.05) is 23.7 Å². The van der Waals surface area contributed by atoms with E-state index in [2.05, 4.69) is 10.1 Å². The van der Waals surface area contributed by atoms with Crippen molar-refractivity contribution in [2.45, 2.75) is 12.7 Å². The second-order valence-electron chi connectivity index (χ2n) is 6.80. The number of alkyl halides is 3. The van der Waals surface area contributed by atoms with Gasteiger partial charge in [0.1, 0.15) is 0 Å². The molecule has 5 rings (SSSR count). The SMILES string of the molecule is O=C(c1cnn(-c2ccc(Cl)cc2)c1C(F)(F)F)N1CCn2c1nc1ccccc12. The van der Waals surface area contributed by atoms with E-state index in [-0.39, 0.29) is 12.2 Å². The summed E-state index contributed by atoms with van der Waals surface area (Å²) in [5, 5.41) is 4.23. The Balaban J connectivity index is 1.60. The third-order valence-corrected chi connectivity index (χ3v) is 5.26. The van der Waals surface area contributed by atoms with Gasteiger partial charge in [-0.25, -0.2) is 9.67 Å². The number of para-hydroxylation sites is 2. The van der Waals surface area contributed by atoms with Gasteiger partial charge in [0.2, 0.25) is 5.95 Å². The lowest BCUT2D eigenvalue weighted by atomic mass is 10.2. The van der Waals surface area contributed by atoms with Gasteiger partial charge in [0.25, 0.3) is 5.91 Å². The molecule has 0 aliphatic carbocycles. The van der Waals surface area contributed by atoms with Crippen LogP contribution in [0.5, 0.6) is 0 Å². The average Bonchev–Trinajstić information content (AvgIpc) is 3.41. The molecule has 1 aliphatic rings. The van der Waals surface area contributed by atoms with Crippen molar-refractivity contribution in [3.05, 3.63) is 71.0 Å². The maximum absolute atomic E-state index is 13.9. The van der Waals surface area contributed by atoms with Crippen molar-refractivity contribution in [3.8, 4) is 5.69 Å². The van der Waals surface area contributed by atoms with E-state index in [4.69, 9.17) is 11.6 Å². The van der Waals surface area contributed by atoms with Gasteiger partial charge >= 0.3 is 6.18 Å². The first-order chi connectivity index (χ1) is 14.3. The van der Waals surface area contributed by atoms with Crippen molar-refractivity contribution in [1.82, 2.24) is 19.3 Å². The first-order valence-electron chi connectivity index (χ1n) is 9.03. The molecule has 152 valence electrons. The van der Waals surface area contributed by atoms with Gasteiger partial charge < -0.3 is 4.57 Å². The van der Waals surface area contributed by atoms with Crippen molar-refractivity contribution >= 4 is 34.5 Å². The highest BCUT2D eigenvalue weighted by Gasteiger charge is 2.42. The fraction of sp³-hybridized carbons (Fsp3) is 0.150. The molecule has 0 saturated carbocycles. The number of hydrogen-bond acceptors (Lipinski definition) is 3. The summed E-state index contributed by atoms with van der Waals surface area (Å²) < 4.78 is 44.4. The normalized spacial score (nSPS) is 13.8. The fourth-order valence-corrected chi connectivity index (χ4v) is 3.81. The molecular weight excluding hydrogens is 419 g/mol. The van der Waals surface area contributed by atoms with Gasteiger partial charge in [-0.3, -0.25) is 9.69 Å². The molecule has 0 fully saturated rings. The highest BCUT2D eigenvalue weighted by Crippen LogP contribution is 2.36. The minimum Gasteiger partial charge on any atom is -0.308 e. The predicted molar refractivity (Wildman–Crippen MR) is 105 cm³/mol. The van der Waals surface area contributed by atoms with Crippen molar-refractivity contribution in [1.29, 1.82) is 0 Å². The summed E-state index contributed by atoms with van der Waals surface area (Å²) >= 11 is 5.83. The highest BCUT2D eigenvalue weighted by atomic mass is 35.5. The zero-order valence-electron chi connectivity index (χ0n) is 15.3. The Bertz CT molecular complexity index is 1280. The molecule has 2 aromatic heterocycles. The Kier molecular flexibility index (Phi) is 4.11. The number of carbonyl (C=O) groups excluding carboxylic acids is 1. The second kappa shape index (κ2) is 6.60. The number of amides is 1. The molecular formula is C20H13ClF3N5O. The van der Waals surface area contributed by atoms with Gasteiger partial charge in [-0.15, -0.1) is 0 Å². The van der Waals surface area contributed by atoms with Crippen LogP contribution in [0.15, 0.2) is 54.7 Å². The number of fused-ring (bicyclic) bond motifs is 3. The Morgan fingerprint density at radius 3 is 2.50 bits per heavy atom. The summed E-state index contributed by atoms with van der Waals surface area (Å²) in [5.74, 6) is -0.467. The monoisotopic (exact) mass is 431 g/mol. The molecule has 0 bridgehead atoms. The Hall–Kier alpha value is -3.33. The third kappa shape index (κ3) is 2.85.